The van der Waals surface area contributed by atoms with Crippen molar-refractivity contribution in [3.05, 3.63) is 70.4 Å². The summed E-state index contributed by atoms with van der Waals surface area (Å²) >= 11 is 5.69. The van der Waals surface area contributed by atoms with Crippen LogP contribution < -0.4 is 4.72 Å². The van der Waals surface area contributed by atoms with Crippen molar-refractivity contribution in [3.8, 4) is 0 Å². The second-order valence-corrected chi connectivity index (χ2v) is 7.86. The minimum absolute atomic E-state index is 0.121. The van der Waals surface area contributed by atoms with Crippen molar-refractivity contribution in [1.29, 1.82) is 0 Å². The predicted molar refractivity (Wildman–Crippen MR) is 102 cm³/mol. The molecule has 0 aromatic heterocycles. The van der Waals surface area contributed by atoms with E-state index in [1.165, 1.54) is 53.3 Å². The molecule has 0 aliphatic carbocycles. The number of hydrogen-bond donors (Lipinski definition) is 2. The molecular formula is C18H14ClF3N2O4S. The summed E-state index contributed by atoms with van der Waals surface area (Å²) in [6.45, 7) is 1.70. The Hall–Kier alpha value is -2.85. The van der Waals surface area contributed by atoms with Gasteiger partial charge in [-0.15, -0.1) is 0 Å². The maximum Gasteiger partial charge on any atom is 0.449 e. The molecule has 0 aliphatic heterocycles. The van der Waals surface area contributed by atoms with E-state index in [4.69, 9.17) is 11.6 Å². The first-order valence-electron chi connectivity index (χ1n) is 7.84. The topological polar surface area (TPSA) is 95.8 Å². The summed E-state index contributed by atoms with van der Waals surface area (Å²) in [5.41, 5.74) is -0.514. The highest BCUT2D eigenvalue weighted by Gasteiger charge is 2.39. The fourth-order valence-corrected chi connectivity index (χ4v) is 3.09. The van der Waals surface area contributed by atoms with Crippen LogP contribution in [-0.2, 0) is 14.8 Å². The molecule has 0 fully saturated rings. The molecule has 2 aromatic rings. The number of amides is 1. The van der Waals surface area contributed by atoms with Gasteiger partial charge in [-0.3, -0.25) is 9.79 Å². The first-order chi connectivity index (χ1) is 13.4. The Morgan fingerprint density at radius 1 is 1.10 bits per heavy atom. The second kappa shape index (κ2) is 8.66. The average Bonchev–Trinajstić information content (AvgIpc) is 2.62. The van der Waals surface area contributed by atoms with Gasteiger partial charge in [0.15, 0.2) is 0 Å². The number of nitrogens with zero attached hydrogens (tertiary/aromatic N) is 1. The lowest BCUT2D eigenvalue weighted by atomic mass is 10.2. The number of halogens is 4. The molecule has 1 amide bonds. The van der Waals surface area contributed by atoms with Crippen molar-refractivity contribution < 1.29 is 31.5 Å². The normalized spacial score (nSPS) is 13.3. The van der Waals surface area contributed by atoms with E-state index in [0.29, 0.717) is 11.2 Å². The number of carbonyl (C=O) groups excluding carboxylic acids is 1. The Morgan fingerprint density at radius 3 is 2.17 bits per heavy atom. The number of aliphatic imine (C=N–C) groups is 1. The van der Waals surface area contributed by atoms with Gasteiger partial charge in [-0.25, -0.2) is 13.1 Å². The lowest BCUT2D eigenvalue weighted by Gasteiger charge is -2.11. The largest absolute Gasteiger partial charge is 0.504 e. The number of rotatable bonds is 5. The summed E-state index contributed by atoms with van der Waals surface area (Å²) in [5.74, 6) is -3.98. The molecule has 0 aliphatic rings. The molecule has 0 atom stereocenters. The number of allylic oxidation sites excluding steroid dienone is 1. The van der Waals surface area contributed by atoms with E-state index in [-0.39, 0.29) is 10.6 Å². The molecular weight excluding hydrogens is 433 g/mol. The molecule has 2 rings (SSSR count). The standard InChI is InChI=1S/C18H14ClF3N2O4S/c1-11-2-8-14(9-3-11)29(27,28)24-17(26)15(16(25)18(20,21)22)10-23-13-6-4-12(19)5-7-13/h2-10,25H,1H3,(H,24,26)/b16-15+,23-10?. The maximum atomic E-state index is 12.9. The van der Waals surface area contributed by atoms with Gasteiger partial charge in [-0.1, -0.05) is 29.3 Å². The number of benzene rings is 2. The monoisotopic (exact) mass is 446 g/mol. The number of aliphatic hydroxyl groups is 1. The second-order valence-electron chi connectivity index (χ2n) is 5.74. The van der Waals surface area contributed by atoms with E-state index in [1.807, 2.05) is 0 Å². The van der Waals surface area contributed by atoms with E-state index in [0.717, 1.165) is 5.56 Å². The number of hydrogen-bond acceptors (Lipinski definition) is 5. The van der Waals surface area contributed by atoms with Crippen LogP contribution in [0.4, 0.5) is 18.9 Å². The van der Waals surface area contributed by atoms with Gasteiger partial charge in [-0.2, -0.15) is 13.2 Å². The number of alkyl halides is 3. The van der Waals surface area contributed by atoms with Gasteiger partial charge in [0.1, 0.15) is 5.57 Å². The van der Waals surface area contributed by atoms with Crippen LogP contribution in [0.5, 0.6) is 0 Å². The third kappa shape index (κ3) is 6.06. The summed E-state index contributed by atoms with van der Waals surface area (Å²) in [7, 11) is -4.48. The van der Waals surface area contributed by atoms with Crippen molar-refractivity contribution in [2.24, 2.45) is 4.99 Å². The van der Waals surface area contributed by atoms with Gasteiger partial charge in [0.25, 0.3) is 15.9 Å². The highest BCUT2D eigenvalue weighted by Crippen LogP contribution is 2.26. The smallest absolute Gasteiger partial charge is 0.449 e. The van der Waals surface area contributed by atoms with Gasteiger partial charge in [0.2, 0.25) is 5.76 Å². The van der Waals surface area contributed by atoms with E-state index < -0.39 is 33.4 Å². The van der Waals surface area contributed by atoms with Crippen LogP contribution in [0, 0.1) is 6.92 Å². The Balaban J connectivity index is 2.39. The summed E-state index contributed by atoms with van der Waals surface area (Å²) < 4.78 is 64.8. The van der Waals surface area contributed by atoms with E-state index in [9.17, 15) is 31.5 Å². The Bertz CT molecular complexity index is 1060. The van der Waals surface area contributed by atoms with Gasteiger partial charge < -0.3 is 5.11 Å². The fraction of sp³-hybridized carbons (Fsp3) is 0.111. The zero-order valence-corrected chi connectivity index (χ0v) is 16.3. The molecule has 0 spiro atoms. The maximum absolute atomic E-state index is 12.9. The molecule has 2 aromatic carbocycles. The van der Waals surface area contributed by atoms with Crippen LogP contribution >= 0.6 is 11.6 Å². The van der Waals surface area contributed by atoms with Crippen molar-refractivity contribution in [1.82, 2.24) is 4.72 Å². The van der Waals surface area contributed by atoms with Crippen LogP contribution in [0.15, 0.2) is 69.8 Å². The lowest BCUT2D eigenvalue weighted by molar-refractivity contribution is -0.126. The summed E-state index contributed by atoms with van der Waals surface area (Å²) in [6.07, 6.45) is -4.88. The number of carbonyl (C=O) groups is 1. The van der Waals surface area contributed by atoms with Crippen LogP contribution in [0.2, 0.25) is 5.02 Å². The van der Waals surface area contributed by atoms with Crippen molar-refractivity contribution in [2.75, 3.05) is 0 Å². The molecule has 0 unspecified atom stereocenters. The van der Waals surface area contributed by atoms with Crippen LogP contribution in [0.25, 0.3) is 0 Å². The molecule has 0 heterocycles. The Morgan fingerprint density at radius 2 is 1.66 bits per heavy atom. The molecule has 0 radical (unpaired) electrons. The molecule has 0 bridgehead atoms. The first kappa shape index (κ1) is 22.4. The van der Waals surface area contributed by atoms with E-state index in [2.05, 4.69) is 4.99 Å². The number of aliphatic hydroxyl groups excluding tert-OH is 1. The SMILES string of the molecule is Cc1ccc(S(=O)(=O)NC(=O)/C(C=Nc2ccc(Cl)cc2)=C(/O)C(F)(F)F)cc1. The molecule has 0 saturated heterocycles. The van der Waals surface area contributed by atoms with Gasteiger partial charge in [-0.05, 0) is 43.3 Å². The Kier molecular flexibility index (Phi) is 6.70. The third-order valence-electron chi connectivity index (χ3n) is 3.50. The van der Waals surface area contributed by atoms with Crippen LogP contribution in [0.1, 0.15) is 5.56 Å². The van der Waals surface area contributed by atoms with E-state index >= 15 is 0 Å². The van der Waals surface area contributed by atoms with Crippen molar-refractivity contribution in [2.45, 2.75) is 18.0 Å². The first-order valence-corrected chi connectivity index (χ1v) is 9.70. The van der Waals surface area contributed by atoms with Crippen molar-refractivity contribution >= 4 is 39.4 Å². The fourth-order valence-electron chi connectivity index (χ4n) is 2.00. The quantitative estimate of drug-likeness (QED) is 0.408. The van der Waals surface area contributed by atoms with Crippen molar-refractivity contribution in [3.63, 3.8) is 0 Å². The van der Waals surface area contributed by atoms with Gasteiger partial charge in [0.05, 0.1) is 10.6 Å². The zero-order valence-electron chi connectivity index (χ0n) is 14.7. The zero-order chi connectivity index (χ0) is 21.8. The van der Waals surface area contributed by atoms with Gasteiger partial charge >= 0.3 is 6.18 Å². The van der Waals surface area contributed by atoms with Crippen LogP contribution in [-0.4, -0.2) is 31.8 Å². The molecule has 6 nitrogen and oxygen atoms in total. The molecule has 2 N–H and O–H groups in total. The van der Waals surface area contributed by atoms with Crippen LogP contribution in [0.3, 0.4) is 0 Å². The highest BCUT2D eigenvalue weighted by molar-refractivity contribution is 7.90. The molecule has 11 heteroatoms. The highest BCUT2D eigenvalue weighted by atomic mass is 35.5. The summed E-state index contributed by atoms with van der Waals surface area (Å²) in [5, 5.41) is 9.78. The van der Waals surface area contributed by atoms with Gasteiger partial charge in [0, 0.05) is 11.2 Å². The number of nitrogens with one attached hydrogen (secondary N) is 1. The molecule has 29 heavy (non-hydrogen) atoms. The molecule has 154 valence electrons. The number of aryl methyl sites for hydroxylation is 1. The summed E-state index contributed by atoms with van der Waals surface area (Å²) in [4.78, 5) is 15.6. The van der Waals surface area contributed by atoms with E-state index in [1.54, 1.807) is 6.92 Å². The predicted octanol–water partition coefficient (Wildman–Crippen LogP) is 4.23. The summed E-state index contributed by atoms with van der Waals surface area (Å²) in [6, 6.07) is 10.8. The lowest BCUT2D eigenvalue weighted by Crippen LogP contribution is -2.34. The third-order valence-corrected chi connectivity index (χ3v) is 5.09. The minimum Gasteiger partial charge on any atom is -0.504 e. The molecule has 0 saturated carbocycles. The minimum atomic E-state index is -5.30. The number of sulfonamides is 1. The average molecular weight is 447 g/mol. The Labute approximate surface area is 169 Å².